The van der Waals surface area contributed by atoms with E-state index >= 15 is 0 Å². The molecule has 10 nitrogen and oxygen atoms in total. The molecular weight excluding hydrogens is 366 g/mol. The molecule has 11 heteroatoms. The number of hydrogen-bond donors (Lipinski definition) is 2. The number of nitrogens with one attached hydrogen (secondary N) is 1. The van der Waals surface area contributed by atoms with Crippen molar-refractivity contribution in [2.45, 2.75) is 19.4 Å². The standard InChI is InChI=1S/C15H21N3O7S/c1-4-26(24,25)8-7-11(15(20)21)16-14(19)10-5-6-12(17(2)3)13(9-10)18(22)23/h5-6,9,11H,4,7-8H2,1-3H3,(H,16,19)(H,20,21). The predicted octanol–water partition coefficient (Wildman–Crippen LogP) is 0.669. The molecule has 0 aromatic heterocycles. The van der Waals surface area contributed by atoms with Crippen LogP contribution in [0.1, 0.15) is 23.7 Å². The number of carbonyl (C=O) groups excluding carboxylic acids is 1. The van der Waals surface area contributed by atoms with Crippen LogP contribution in [0.4, 0.5) is 11.4 Å². The number of sulfone groups is 1. The molecule has 1 amide bonds. The SMILES string of the molecule is CCS(=O)(=O)CCC(NC(=O)c1ccc(N(C)C)c([N+](=O)[O-])c1)C(=O)O. The zero-order valence-electron chi connectivity index (χ0n) is 14.6. The maximum atomic E-state index is 12.2. The highest BCUT2D eigenvalue weighted by molar-refractivity contribution is 7.91. The lowest BCUT2D eigenvalue weighted by atomic mass is 10.1. The number of nitro groups is 1. The normalized spacial score (nSPS) is 12.3. The topological polar surface area (TPSA) is 147 Å². The Balaban J connectivity index is 3.01. The molecule has 26 heavy (non-hydrogen) atoms. The second kappa shape index (κ2) is 8.61. The van der Waals surface area contributed by atoms with Crippen molar-refractivity contribution in [1.82, 2.24) is 5.32 Å². The van der Waals surface area contributed by atoms with Gasteiger partial charge in [0.25, 0.3) is 11.6 Å². The summed E-state index contributed by atoms with van der Waals surface area (Å²) in [5.41, 5.74) is -0.106. The summed E-state index contributed by atoms with van der Waals surface area (Å²) in [5, 5.41) is 22.5. The predicted molar refractivity (Wildman–Crippen MR) is 95.3 cm³/mol. The van der Waals surface area contributed by atoms with E-state index in [0.29, 0.717) is 0 Å². The van der Waals surface area contributed by atoms with Crippen LogP contribution in [0.2, 0.25) is 0 Å². The summed E-state index contributed by atoms with van der Waals surface area (Å²) in [7, 11) is -0.175. The number of anilines is 1. The Kier molecular flexibility index (Phi) is 7.07. The molecular formula is C15H21N3O7S. The summed E-state index contributed by atoms with van der Waals surface area (Å²) in [4.78, 5) is 35.5. The molecule has 1 rings (SSSR count). The van der Waals surface area contributed by atoms with Crippen LogP contribution >= 0.6 is 0 Å². The van der Waals surface area contributed by atoms with Gasteiger partial charge in [-0.3, -0.25) is 14.9 Å². The number of aliphatic carboxylic acids is 1. The summed E-state index contributed by atoms with van der Waals surface area (Å²) in [6.07, 6.45) is -0.297. The van der Waals surface area contributed by atoms with Crippen LogP contribution < -0.4 is 10.2 Å². The molecule has 0 aliphatic heterocycles. The van der Waals surface area contributed by atoms with Gasteiger partial charge >= 0.3 is 5.97 Å². The number of carboxylic acid groups (broad SMARTS) is 1. The van der Waals surface area contributed by atoms with E-state index in [4.69, 9.17) is 0 Å². The van der Waals surface area contributed by atoms with E-state index in [-0.39, 0.29) is 34.9 Å². The molecule has 1 unspecified atom stereocenters. The number of amides is 1. The number of carbonyl (C=O) groups is 2. The van der Waals surface area contributed by atoms with Gasteiger partial charge in [-0.2, -0.15) is 0 Å². The van der Waals surface area contributed by atoms with Crippen LogP contribution in [0, 0.1) is 10.1 Å². The van der Waals surface area contributed by atoms with Crippen molar-refractivity contribution in [2.24, 2.45) is 0 Å². The molecule has 0 spiro atoms. The van der Waals surface area contributed by atoms with Crippen molar-refractivity contribution in [3.8, 4) is 0 Å². The second-order valence-corrected chi connectivity index (χ2v) is 8.22. The first-order valence-corrected chi connectivity index (χ1v) is 9.50. The molecule has 1 aromatic rings. The summed E-state index contributed by atoms with van der Waals surface area (Å²) in [6, 6.07) is 2.34. The molecule has 0 bridgehead atoms. The van der Waals surface area contributed by atoms with Gasteiger partial charge in [-0.25, -0.2) is 13.2 Å². The Morgan fingerprint density at radius 2 is 1.96 bits per heavy atom. The van der Waals surface area contributed by atoms with Gasteiger partial charge in [0.2, 0.25) is 0 Å². The fourth-order valence-corrected chi connectivity index (χ4v) is 3.01. The molecule has 0 radical (unpaired) electrons. The monoisotopic (exact) mass is 387 g/mol. The average Bonchev–Trinajstić information content (AvgIpc) is 2.57. The van der Waals surface area contributed by atoms with Crippen LogP contribution in [0.15, 0.2) is 18.2 Å². The van der Waals surface area contributed by atoms with Crippen LogP contribution in [-0.4, -0.2) is 62.0 Å². The number of rotatable bonds is 9. The van der Waals surface area contributed by atoms with Crippen molar-refractivity contribution >= 4 is 33.1 Å². The van der Waals surface area contributed by atoms with Gasteiger partial charge in [0.05, 0.1) is 10.7 Å². The van der Waals surface area contributed by atoms with E-state index < -0.39 is 32.7 Å². The summed E-state index contributed by atoms with van der Waals surface area (Å²) >= 11 is 0. The molecule has 0 saturated heterocycles. The first kappa shape index (κ1) is 21.4. The van der Waals surface area contributed by atoms with Gasteiger partial charge < -0.3 is 15.3 Å². The average molecular weight is 387 g/mol. The highest BCUT2D eigenvalue weighted by atomic mass is 32.2. The van der Waals surface area contributed by atoms with Crippen molar-refractivity contribution in [2.75, 3.05) is 30.5 Å². The number of hydrogen-bond acceptors (Lipinski definition) is 7. The zero-order valence-corrected chi connectivity index (χ0v) is 15.4. The quantitative estimate of drug-likeness (QED) is 0.464. The van der Waals surface area contributed by atoms with Crippen LogP contribution in [-0.2, 0) is 14.6 Å². The van der Waals surface area contributed by atoms with Gasteiger partial charge in [-0.15, -0.1) is 0 Å². The highest BCUT2D eigenvalue weighted by Crippen LogP contribution is 2.27. The van der Waals surface area contributed by atoms with E-state index in [2.05, 4.69) is 5.32 Å². The van der Waals surface area contributed by atoms with Gasteiger partial charge in [0, 0.05) is 31.5 Å². The number of nitrogens with zero attached hydrogens (tertiary/aromatic N) is 2. The molecule has 0 fully saturated rings. The Morgan fingerprint density at radius 1 is 1.35 bits per heavy atom. The summed E-state index contributed by atoms with van der Waals surface area (Å²) in [5.74, 6) is -2.74. The molecule has 1 aromatic carbocycles. The van der Waals surface area contributed by atoms with E-state index in [1.165, 1.54) is 24.0 Å². The molecule has 2 N–H and O–H groups in total. The van der Waals surface area contributed by atoms with Gasteiger partial charge in [-0.1, -0.05) is 6.92 Å². The molecule has 1 atom stereocenters. The molecule has 0 aliphatic carbocycles. The molecule has 0 heterocycles. The van der Waals surface area contributed by atoms with Crippen LogP contribution in [0.3, 0.4) is 0 Å². The largest absolute Gasteiger partial charge is 0.480 e. The van der Waals surface area contributed by atoms with Gasteiger partial charge in [0.15, 0.2) is 0 Å². The lowest BCUT2D eigenvalue weighted by Gasteiger charge is -2.16. The van der Waals surface area contributed by atoms with E-state index in [1.807, 2.05) is 0 Å². The third-order valence-corrected chi connectivity index (χ3v) is 5.41. The minimum absolute atomic E-state index is 0.0908. The number of nitro benzene ring substituents is 1. The molecule has 0 saturated carbocycles. The Hall–Kier alpha value is -2.69. The smallest absolute Gasteiger partial charge is 0.326 e. The van der Waals surface area contributed by atoms with Crippen molar-refractivity contribution in [3.05, 3.63) is 33.9 Å². The Morgan fingerprint density at radius 3 is 2.42 bits per heavy atom. The van der Waals surface area contributed by atoms with E-state index in [9.17, 15) is 33.2 Å². The lowest BCUT2D eigenvalue weighted by molar-refractivity contribution is -0.384. The Labute approximate surface area is 150 Å². The van der Waals surface area contributed by atoms with E-state index in [0.717, 1.165) is 6.07 Å². The molecule has 0 aliphatic rings. The maximum absolute atomic E-state index is 12.2. The van der Waals surface area contributed by atoms with Gasteiger partial charge in [-0.05, 0) is 18.6 Å². The minimum Gasteiger partial charge on any atom is -0.480 e. The minimum atomic E-state index is -3.39. The van der Waals surface area contributed by atoms with Crippen LogP contribution in [0.5, 0.6) is 0 Å². The van der Waals surface area contributed by atoms with Crippen molar-refractivity contribution < 1.29 is 28.0 Å². The van der Waals surface area contributed by atoms with Crippen molar-refractivity contribution in [1.29, 1.82) is 0 Å². The third kappa shape index (κ3) is 5.69. The number of benzene rings is 1. The maximum Gasteiger partial charge on any atom is 0.326 e. The number of carboxylic acids is 1. The third-order valence-electron chi connectivity index (χ3n) is 3.68. The van der Waals surface area contributed by atoms with Crippen LogP contribution in [0.25, 0.3) is 0 Å². The first-order chi connectivity index (χ1) is 12.0. The first-order valence-electron chi connectivity index (χ1n) is 7.68. The highest BCUT2D eigenvalue weighted by Gasteiger charge is 2.25. The molecule has 144 valence electrons. The zero-order chi connectivity index (χ0) is 20.1. The fourth-order valence-electron chi connectivity index (χ4n) is 2.13. The second-order valence-electron chi connectivity index (χ2n) is 5.74. The Bertz CT molecular complexity index is 805. The van der Waals surface area contributed by atoms with Crippen molar-refractivity contribution in [3.63, 3.8) is 0 Å². The lowest BCUT2D eigenvalue weighted by Crippen LogP contribution is -2.42. The van der Waals surface area contributed by atoms with Gasteiger partial charge in [0.1, 0.15) is 21.6 Å². The van der Waals surface area contributed by atoms with E-state index in [1.54, 1.807) is 14.1 Å². The summed E-state index contributed by atoms with van der Waals surface area (Å²) < 4.78 is 23.0. The summed E-state index contributed by atoms with van der Waals surface area (Å²) in [6.45, 7) is 1.44. The fraction of sp³-hybridized carbons (Fsp3) is 0.467.